The number of benzene rings is 1. The lowest BCUT2D eigenvalue weighted by Gasteiger charge is -2.24. The zero-order chi connectivity index (χ0) is 42.7. The lowest BCUT2D eigenvalue weighted by molar-refractivity contribution is -0.136. The van der Waals surface area contributed by atoms with E-state index in [9.17, 15) is 39.4 Å². The van der Waals surface area contributed by atoms with Gasteiger partial charge in [0.1, 0.15) is 30.2 Å². The van der Waals surface area contributed by atoms with E-state index in [-0.39, 0.29) is 23.4 Å². The molecule has 59 heavy (non-hydrogen) atoms. The molecule has 0 saturated carbocycles. The molecule has 1 aliphatic heterocycles. The van der Waals surface area contributed by atoms with Crippen LogP contribution < -0.4 is 11.1 Å². The highest BCUT2D eigenvalue weighted by atomic mass is 31.2. The largest absolute Gasteiger partial charge is 0.472 e. The quantitative estimate of drug-likeness (QED) is 0.0372. The number of carbonyl (C=O) groups excluding carboxylic acids is 1. The van der Waals surface area contributed by atoms with Crippen LogP contribution in [-0.2, 0) is 40.1 Å². The number of halogens is 1. The van der Waals surface area contributed by atoms with E-state index >= 15 is 0 Å². The number of anilines is 1. The van der Waals surface area contributed by atoms with Crippen molar-refractivity contribution < 1.29 is 47.4 Å². The monoisotopic (exact) mass is 842 g/mol. The minimum atomic E-state index is -4.98. The second-order valence-electron chi connectivity index (χ2n) is 15.2. The highest BCUT2D eigenvalue weighted by Crippen LogP contribution is 2.46. The van der Waals surface area contributed by atoms with Gasteiger partial charge in [0.25, 0.3) is 5.91 Å². The van der Waals surface area contributed by atoms with Gasteiger partial charge < -0.3 is 35.6 Å². The number of nitriles is 2. The molecule has 1 amide bonds. The number of nitrogens with one attached hydrogen (secondary N) is 1. The number of aliphatic hydroxyl groups excluding tert-OH is 2. The highest BCUT2D eigenvalue weighted by molar-refractivity contribution is 7.47. The fourth-order valence-corrected chi connectivity index (χ4v) is 7.93. The van der Waals surface area contributed by atoms with E-state index in [1.54, 1.807) is 12.1 Å². The van der Waals surface area contributed by atoms with Gasteiger partial charge >= 0.3 is 7.82 Å². The number of phosphoric acid groups is 1. The van der Waals surface area contributed by atoms with Gasteiger partial charge in [-0.3, -0.25) is 13.8 Å². The normalized spacial score (nSPS) is 20.6. The first-order valence-electron chi connectivity index (χ1n) is 20.8. The zero-order valence-corrected chi connectivity index (χ0v) is 34.9. The summed E-state index contributed by atoms with van der Waals surface area (Å²) in [5.41, 5.74) is 4.97. The van der Waals surface area contributed by atoms with Crippen LogP contribution in [0.5, 0.6) is 0 Å². The molecule has 6 atom stereocenters. The number of aliphatic hydroxyl groups is 2. The first-order valence-corrected chi connectivity index (χ1v) is 22.3. The molecule has 4 rings (SSSR count). The molecular formula is C42H60FN6O9P. The van der Waals surface area contributed by atoms with E-state index in [2.05, 4.69) is 17.3 Å². The van der Waals surface area contributed by atoms with Crippen LogP contribution in [0.3, 0.4) is 0 Å². The number of carbonyl (C=O) groups is 1. The molecule has 2 aromatic heterocycles. The Labute approximate surface area is 346 Å². The van der Waals surface area contributed by atoms with Gasteiger partial charge in [-0.25, -0.2) is 13.5 Å². The molecule has 1 unspecified atom stereocenters. The van der Waals surface area contributed by atoms with Crippen molar-refractivity contribution in [3.8, 4) is 12.1 Å². The molecule has 1 fully saturated rings. The Kier molecular flexibility index (Phi) is 19.7. The summed E-state index contributed by atoms with van der Waals surface area (Å²) < 4.78 is 50.1. The molecule has 15 nitrogen and oxygen atoms in total. The number of nitrogen functional groups attached to an aromatic ring is 1. The van der Waals surface area contributed by atoms with Gasteiger partial charge in [0, 0.05) is 12.7 Å². The summed E-state index contributed by atoms with van der Waals surface area (Å²) in [7, 11) is -4.98. The Morgan fingerprint density at radius 3 is 2.22 bits per heavy atom. The predicted molar refractivity (Wildman–Crippen MR) is 218 cm³/mol. The van der Waals surface area contributed by atoms with Crippen molar-refractivity contribution in [1.29, 1.82) is 10.5 Å². The number of unbranched alkanes of at least 4 members (excludes halogenated alkanes) is 15. The number of hydrogen-bond donors (Lipinski definition) is 5. The van der Waals surface area contributed by atoms with Crippen LogP contribution in [0, 0.1) is 28.5 Å². The van der Waals surface area contributed by atoms with Crippen molar-refractivity contribution >= 4 is 24.9 Å². The Hall–Kier alpha value is -3.96. The molecule has 0 radical (unpaired) electrons. The second kappa shape index (κ2) is 24.3. The van der Waals surface area contributed by atoms with Crippen molar-refractivity contribution in [2.75, 3.05) is 25.5 Å². The minimum absolute atomic E-state index is 0.0463. The molecule has 3 heterocycles. The second-order valence-corrected chi connectivity index (χ2v) is 16.6. The number of nitrogens with zero attached hydrogens (tertiary/aromatic N) is 4. The molecule has 3 aromatic rings. The van der Waals surface area contributed by atoms with Gasteiger partial charge in [-0.2, -0.15) is 15.6 Å². The molecule has 0 bridgehead atoms. The third-order valence-electron chi connectivity index (χ3n) is 10.5. The molecule has 1 aliphatic rings. The standard InChI is InChI=1S/C42H60FN6O9P/c1-2-3-4-5-6-7-8-9-10-11-12-13-14-15-16-17-21-47-41(52)37(55-27-32-23-31(26-44)24-33(43)25-32)29-57-59(53,54)56-28-36-39(50)40(51)42(30-45,58-36)38-19-18-35-34(46)20-22-48-49(35)38/h18-20,22-25,36-37,39-40,50-51H,2-17,21,27-29,46H2,1H3,(H,47,52)(H,53,54)/t36-,37+,39-,40-,42+/m1/s1. The molecule has 0 aliphatic carbocycles. The molecule has 324 valence electrons. The molecular weight excluding hydrogens is 782 g/mol. The minimum Gasteiger partial charge on any atom is -0.397 e. The summed E-state index contributed by atoms with van der Waals surface area (Å²) >= 11 is 0. The highest BCUT2D eigenvalue weighted by Gasteiger charge is 2.58. The van der Waals surface area contributed by atoms with E-state index < -0.39 is 62.8 Å². The zero-order valence-electron chi connectivity index (χ0n) is 34.0. The van der Waals surface area contributed by atoms with Crippen LogP contribution in [0.2, 0.25) is 0 Å². The Bertz CT molecular complexity index is 1900. The molecule has 1 aromatic carbocycles. The number of amides is 1. The number of nitrogens with two attached hydrogens (primary N) is 1. The Balaban J connectivity index is 1.23. The third-order valence-corrected chi connectivity index (χ3v) is 11.5. The summed E-state index contributed by atoms with van der Waals surface area (Å²) in [5.74, 6) is -1.32. The van der Waals surface area contributed by atoms with Crippen LogP contribution in [0.25, 0.3) is 5.52 Å². The van der Waals surface area contributed by atoms with E-state index in [4.69, 9.17) is 24.3 Å². The van der Waals surface area contributed by atoms with Gasteiger partial charge in [0.05, 0.1) is 48.4 Å². The maximum Gasteiger partial charge on any atom is 0.472 e. The number of fused-ring (bicyclic) bond motifs is 1. The molecule has 17 heteroatoms. The fourth-order valence-electron chi connectivity index (χ4n) is 7.19. The number of ether oxygens (including phenoxy) is 2. The summed E-state index contributed by atoms with van der Waals surface area (Å²) in [6.45, 7) is 0.674. The average molecular weight is 843 g/mol. The van der Waals surface area contributed by atoms with Gasteiger partial charge in [0.2, 0.25) is 5.60 Å². The summed E-state index contributed by atoms with van der Waals surface area (Å²) in [6, 6.07) is 11.9. The van der Waals surface area contributed by atoms with E-state index in [0.717, 1.165) is 31.4 Å². The summed E-state index contributed by atoms with van der Waals surface area (Å²) in [6.07, 6.45) is 14.3. The Morgan fingerprint density at radius 1 is 0.983 bits per heavy atom. The van der Waals surface area contributed by atoms with Crippen molar-refractivity contribution in [1.82, 2.24) is 14.9 Å². The first-order chi connectivity index (χ1) is 28.4. The van der Waals surface area contributed by atoms with Gasteiger partial charge in [0.15, 0.2) is 6.10 Å². The predicted octanol–water partition coefficient (Wildman–Crippen LogP) is 6.86. The number of rotatable bonds is 28. The molecule has 0 spiro atoms. The molecule has 1 saturated heterocycles. The van der Waals surface area contributed by atoms with Crippen molar-refractivity contribution in [2.24, 2.45) is 0 Å². The van der Waals surface area contributed by atoms with Crippen LogP contribution in [0.4, 0.5) is 10.1 Å². The van der Waals surface area contributed by atoms with Crippen molar-refractivity contribution in [3.63, 3.8) is 0 Å². The van der Waals surface area contributed by atoms with Crippen molar-refractivity contribution in [2.45, 2.75) is 146 Å². The SMILES string of the molecule is CCCCCCCCCCCCCCCCCCNC(=O)[C@H](COP(=O)(O)OC[C@H]1O[C@@](C#N)(c2ccc3c(N)ccnn23)[C@H](O)[C@@H]1O)OCc1cc(F)cc(C#N)c1. The Morgan fingerprint density at radius 2 is 1.61 bits per heavy atom. The summed E-state index contributed by atoms with van der Waals surface area (Å²) in [4.78, 5) is 23.8. The lowest BCUT2D eigenvalue weighted by atomic mass is 9.92. The van der Waals surface area contributed by atoms with Gasteiger partial charge in [-0.05, 0) is 48.4 Å². The summed E-state index contributed by atoms with van der Waals surface area (Å²) in [5, 5.41) is 48.1. The number of hydrogen-bond acceptors (Lipinski definition) is 12. The third kappa shape index (κ3) is 14.3. The van der Waals surface area contributed by atoms with E-state index in [1.807, 2.05) is 12.1 Å². The van der Waals surface area contributed by atoms with Crippen LogP contribution in [0.15, 0.2) is 42.6 Å². The first kappa shape index (κ1) is 47.7. The average Bonchev–Trinajstić information content (AvgIpc) is 3.77. The van der Waals surface area contributed by atoms with Crippen LogP contribution in [0.1, 0.15) is 126 Å². The van der Waals surface area contributed by atoms with Gasteiger partial charge in [-0.1, -0.05) is 103 Å². The van der Waals surface area contributed by atoms with E-state index in [1.165, 1.54) is 99.9 Å². The maximum atomic E-state index is 14.1. The van der Waals surface area contributed by atoms with Crippen LogP contribution in [-0.4, -0.2) is 74.8 Å². The number of phosphoric ester groups is 1. The van der Waals surface area contributed by atoms with Crippen molar-refractivity contribution in [3.05, 3.63) is 65.2 Å². The smallest absolute Gasteiger partial charge is 0.397 e. The fraction of sp³-hybridized carbons (Fsp3) is 0.619. The molecule has 6 N–H and O–H groups in total. The van der Waals surface area contributed by atoms with Gasteiger partial charge in [-0.15, -0.1) is 0 Å². The van der Waals surface area contributed by atoms with E-state index in [0.29, 0.717) is 24.2 Å². The number of aromatic nitrogens is 2. The lowest BCUT2D eigenvalue weighted by Crippen LogP contribution is -2.41. The van der Waals surface area contributed by atoms with Crippen LogP contribution >= 0.6 is 7.82 Å². The topological polar surface area (TPSA) is 235 Å². The maximum absolute atomic E-state index is 14.1.